The van der Waals surface area contributed by atoms with Gasteiger partial charge in [0.15, 0.2) is 0 Å². The van der Waals surface area contributed by atoms with E-state index in [1.54, 1.807) is 31.2 Å². The van der Waals surface area contributed by atoms with E-state index in [2.05, 4.69) is 5.32 Å². The summed E-state index contributed by atoms with van der Waals surface area (Å²) in [6.45, 7) is 1.20. The number of nitro benzene ring substituents is 1. The number of carbonyl (C=O) groups is 2. The first kappa shape index (κ1) is 30.9. The Labute approximate surface area is 242 Å². The van der Waals surface area contributed by atoms with Crippen LogP contribution in [0.1, 0.15) is 18.1 Å². The molecule has 1 N–H and O–H groups in total. The highest BCUT2D eigenvalue weighted by atomic mass is 35.5. The van der Waals surface area contributed by atoms with Crippen LogP contribution in [0.25, 0.3) is 0 Å². The quantitative estimate of drug-likeness (QED) is 0.239. The molecule has 0 bridgehead atoms. The predicted molar refractivity (Wildman–Crippen MR) is 155 cm³/mol. The summed E-state index contributed by atoms with van der Waals surface area (Å²) in [5.74, 6) is -1.15. The molecular formula is C27H28Cl2N4O6S. The third kappa shape index (κ3) is 8.17. The Kier molecular flexibility index (Phi) is 10.5. The second-order valence-corrected chi connectivity index (χ2v) is 11.7. The molecule has 0 saturated heterocycles. The van der Waals surface area contributed by atoms with Crippen molar-refractivity contribution >= 4 is 56.4 Å². The molecule has 3 rings (SSSR count). The Morgan fingerprint density at radius 2 is 1.73 bits per heavy atom. The van der Waals surface area contributed by atoms with E-state index >= 15 is 0 Å². The van der Waals surface area contributed by atoms with Crippen LogP contribution in [0.2, 0.25) is 10.0 Å². The molecular weight excluding hydrogens is 579 g/mol. The predicted octanol–water partition coefficient (Wildman–Crippen LogP) is 4.44. The van der Waals surface area contributed by atoms with Crippen LogP contribution in [0.3, 0.4) is 0 Å². The topological polar surface area (TPSA) is 130 Å². The van der Waals surface area contributed by atoms with Crippen LogP contribution in [-0.2, 0) is 32.6 Å². The van der Waals surface area contributed by atoms with E-state index in [-0.39, 0.29) is 29.4 Å². The van der Waals surface area contributed by atoms with Gasteiger partial charge in [-0.05, 0) is 36.2 Å². The molecule has 0 unspecified atom stereocenters. The Balaban J connectivity index is 2.08. The van der Waals surface area contributed by atoms with Crippen molar-refractivity contribution in [3.05, 3.63) is 104 Å². The molecule has 0 saturated carbocycles. The number of nitrogens with zero attached hydrogens (tertiary/aromatic N) is 3. The van der Waals surface area contributed by atoms with Gasteiger partial charge in [0.25, 0.3) is 5.69 Å². The molecule has 0 fully saturated rings. The molecule has 13 heteroatoms. The van der Waals surface area contributed by atoms with E-state index in [9.17, 15) is 28.1 Å². The Hall–Kier alpha value is -3.67. The van der Waals surface area contributed by atoms with E-state index in [0.717, 1.165) is 22.2 Å². The minimum atomic E-state index is -4.07. The molecule has 0 heterocycles. The maximum Gasteiger partial charge on any atom is 0.271 e. The van der Waals surface area contributed by atoms with Crippen molar-refractivity contribution in [3.63, 3.8) is 0 Å². The largest absolute Gasteiger partial charge is 0.355 e. The zero-order valence-corrected chi connectivity index (χ0v) is 24.1. The number of carbonyl (C=O) groups excluding carboxylic acids is 2. The van der Waals surface area contributed by atoms with Crippen molar-refractivity contribution in [2.24, 2.45) is 0 Å². The fraction of sp³-hybridized carbons (Fsp3) is 0.259. The van der Waals surface area contributed by atoms with Crippen LogP contribution in [0.4, 0.5) is 11.4 Å². The average molecular weight is 608 g/mol. The monoisotopic (exact) mass is 606 g/mol. The van der Waals surface area contributed by atoms with Gasteiger partial charge in [-0.1, -0.05) is 65.7 Å². The number of rotatable bonds is 12. The highest BCUT2D eigenvalue weighted by Gasteiger charge is 2.33. The van der Waals surface area contributed by atoms with Gasteiger partial charge in [-0.25, -0.2) is 8.42 Å². The third-order valence-corrected chi connectivity index (χ3v) is 7.71. The molecule has 0 aliphatic heterocycles. The molecule has 0 aromatic heterocycles. The van der Waals surface area contributed by atoms with E-state index in [1.807, 2.05) is 18.2 Å². The summed E-state index contributed by atoms with van der Waals surface area (Å²) in [4.78, 5) is 39.2. The number of nitrogens with one attached hydrogen (secondary N) is 1. The highest BCUT2D eigenvalue weighted by Crippen LogP contribution is 2.26. The van der Waals surface area contributed by atoms with E-state index < -0.39 is 39.3 Å². The van der Waals surface area contributed by atoms with Gasteiger partial charge >= 0.3 is 0 Å². The fourth-order valence-electron chi connectivity index (χ4n) is 4.05. The van der Waals surface area contributed by atoms with E-state index in [1.165, 1.54) is 29.2 Å². The van der Waals surface area contributed by atoms with Gasteiger partial charge in [-0.2, -0.15) is 0 Å². The minimum absolute atomic E-state index is 0.0628. The number of halogens is 2. The molecule has 0 aliphatic rings. The van der Waals surface area contributed by atoms with Gasteiger partial charge in [-0.3, -0.25) is 24.0 Å². The van der Waals surface area contributed by atoms with Gasteiger partial charge in [0.1, 0.15) is 12.6 Å². The van der Waals surface area contributed by atoms with Gasteiger partial charge in [0.2, 0.25) is 21.8 Å². The number of hydrogen-bond donors (Lipinski definition) is 1. The number of sulfonamides is 1. The van der Waals surface area contributed by atoms with Crippen molar-refractivity contribution in [2.75, 3.05) is 23.7 Å². The Morgan fingerprint density at radius 3 is 2.33 bits per heavy atom. The summed E-state index contributed by atoms with van der Waals surface area (Å²) >= 11 is 12.5. The van der Waals surface area contributed by atoms with Crippen LogP contribution in [0, 0.1) is 10.1 Å². The number of amides is 2. The second-order valence-electron chi connectivity index (χ2n) is 8.90. The minimum Gasteiger partial charge on any atom is -0.355 e. The van der Waals surface area contributed by atoms with Crippen molar-refractivity contribution in [2.45, 2.75) is 25.9 Å². The molecule has 3 aromatic rings. The molecule has 10 nitrogen and oxygen atoms in total. The van der Waals surface area contributed by atoms with Gasteiger partial charge in [0, 0.05) is 41.7 Å². The van der Waals surface area contributed by atoms with Crippen molar-refractivity contribution in [1.82, 2.24) is 10.2 Å². The summed E-state index contributed by atoms with van der Waals surface area (Å²) in [7, 11) is -4.07. The summed E-state index contributed by atoms with van der Waals surface area (Å²) in [6.07, 6.45) is 1.03. The number of anilines is 1. The second kappa shape index (κ2) is 13.6. The molecule has 3 aromatic carbocycles. The lowest BCUT2D eigenvalue weighted by Gasteiger charge is -2.33. The average Bonchev–Trinajstić information content (AvgIpc) is 2.90. The lowest BCUT2D eigenvalue weighted by molar-refractivity contribution is -0.384. The van der Waals surface area contributed by atoms with E-state index in [0.29, 0.717) is 17.1 Å². The smallest absolute Gasteiger partial charge is 0.271 e. The normalized spacial score (nSPS) is 11.9. The van der Waals surface area contributed by atoms with Gasteiger partial charge in [0.05, 0.1) is 16.9 Å². The van der Waals surface area contributed by atoms with Gasteiger partial charge < -0.3 is 10.2 Å². The highest BCUT2D eigenvalue weighted by molar-refractivity contribution is 7.92. The standard InChI is InChI=1S/C27H28Cl2N4O6S/c1-3-30-27(35)25(14-19-8-5-4-6-9-19)31(17-20-12-13-21(28)15-24(20)29)26(34)18-32(40(2,38)39)22-10-7-11-23(16-22)33(36)37/h4-13,15-16,25H,3,14,17-18H2,1-2H3,(H,30,35)/t25-/m0/s1. The number of likely N-dealkylation sites (N-methyl/N-ethyl adjacent to an activating group) is 1. The van der Waals surface area contributed by atoms with Gasteiger partial charge in [-0.15, -0.1) is 0 Å². The summed E-state index contributed by atoms with van der Waals surface area (Å²) in [6, 6.07) is 17.7. The molecule has 0 spiro atoms. The SMILES string of the molecule is CCNC(=O)[C@H](Cc1ccccc1)N(Cc1ccc(Cl)cc1Cl)C(=O)CN(c1cccc([N+](=O)[O-])c1)S(C)(=O)=O. The molecule has 0 aliphatic carbocycles. The zero-order valence-electron chi connectivity index (χ0n) is 21.8. The Bertz CT molecular complexity index is 1490. The van der Waals surface area contributed by atoms with Crippen LogP contribution < -0.4 is 9.62 Å². The first-order valence-electron chi connectivity index (χ1n) is 12.2. The lowest BCUT2D eigenvalue weighted by Crippen LogP contribution is -2.53. The maximum atomic E-state index is 14.0. The summed E-state index contributed by atoms with van der Waals surface area (Å²) in [5, 5.41) is 14.7. The first-order valence-corrected chi connectivity index (χ1v) is 14.8. The molecule has 2 amide bonds. The first-order chi connectivity index (χ1) is 18.9. The molecule has 212 valence electrons. The summed E-state index contributed by atoms with van der Waals surface area (Å²) < 4.78 is 26.4. The number of hydrogen-bond acceptors (Lipinski definition) is 6. The molecule has 1 atom stereocenters. The maximum absolute atomic E-state index is 14.0. The van der Waals surface area contributed by atoms with E-state index in [4.69, 9.17) is 23.2 Å². The van der Waals surface area contributed by atoms with Crippen molar-refractivity contribution < 1.29 is 22.9 Å². The van der Waals surface area contributed by atoms with Crippen LogP contribution in [0.15, 0.2) is 72.8 Å². The third-order valence-electron chi connectivity index (χ3n) is 5.99. The summed E-state index contributed by atoms with van der Waals surface area (Å²) in [5.41, 5.74) is 0.861. The molecule has 40 heavy (non-hydrogen) atoms. The number of benzene rings is 3. The van der Waals surface area contributed by atoms with Crippen LogP contribution in [-0.4, -0.2) is 55.4 Å². The number of non-ortho nitro benzene ring substituents is 1. The van der Waals surface area contributed by atoms with Crippen LogP contribution in [0.5, 0.6) is 0 Å². The van der Waals surface area contributed by atoms with Crippen molar-refractivity contribution in [3.8, 4) is 0 Å². The number of nitro groups is 1. The fourth-order valence-corrected chi connectivity index (χ4v) is 5.36. The van der Waals surface area contributed by atoms with Crippen LogP contribution >= 0.6 is 23.2 Å². The molecule has 0 radical (unpaired) electrons. The zero-order chi connectivity index (χ0) is 29.4. The van der Waals surface area contributed by atoms with Crippen molar-refractivity contribution in [1.29, 1.82) is 0 Å². The Morgan fingerprint density at radius 1 is 1.02 bits per heavy atom. The lowest BCUT2D eigenvalue weighted by atomic mass is 10.0.